The van der Waals surface area contributed by atoms with Crippen molar-refractivity contribution in [3.05, 3.63) is 77.6 Å². The number of rotatable bonds is 7. The van der Waals surface area contributed by atoms with E-state index in [1.807, 2.05) is 6.07 Å². The van der Waals surface area contributed by atoms with Gasteiger partial charge < -0.3 is 15.2 Å². The normalized spacial score (nSPS) is 11.7. The van der Waals surface area contributed by atoms with Crippen LogP contribution in [0.4, 0.5) is 8.78 Å². The van der Waals surface area contributed by atoms with Crippen LogP contribution in [0.25, 0.3) is 5.69 Å². The fourth-order valence-electron chi connectivity index (χ4n) is 2.70. The molecule has 1 atom stereocenters. The monoisotopic (exact) mass is 401 g/mol. The Morgan fingerprint density at radius 2 is 1.93 bits per heavy atom. The van der Waals surface area contributed by atoms with E-state index in [1.165, 1.54) is 10.9 Å². The van der Waals surface area contributed by atoms with Crippen LogP contribution < -0.4 is 10.1 Å². The van der Waals surface area contributed by atoms with Crippen molar-refractivity contribution in [3.8, 4) is 11.4 Å². The number of ether oxygens (including phenoxy) is 1. The van der Waals surface area contributed by atoms with Gasteiger partial charge in [0, 0.05) is 5.56 Å². The molecular weight excluding hydrogens is 384 g/mol. The first-order valence-corrected chi connectivity index (χ1v) is 8.67. The maximum absolute atomic E-state index is 14.0. The summed E-state index contributed by atoms with van der Waals surface area (Å²) in [7, 11) is 0. The first-order valence-electron chi connectivity index (χ1n) is 8.67. The number of para-hydroxylation sites is 1. The molecule has 29 heavy (non-hydrogen) atoms. The molecule has 2 N–H and O–H groups in total. The average Bonchev–Trinajstić information content (AvgIpc) is 3.13. The number of hydrogen-bond donors (Lipinski definition) is 2. The lowest BCUT2D eigenvalue weighted by atomic mass is 10.1. The third-order valence-corrected chi connectivity index (χ3v) is 4.01. The van der Waals surface area contributed by atoms with Crippen LogP contribution >= 0.6 is 0 Å². The van der Waals surface area contributed by atoms with Gasteiger partial charge in [-0.25, -0.2) is 18.3 Å². The third kappa shape index (κ3) is 4.40. The number of benzene rings is 2. The zero-order valence-electron chi connectivity index (χ0n) is 15.3. The van der Waals surface area contributed by atoms with Crippen molar-refractivity contribution in [3.63, 3.8) is 0 Å². The molecule has 150 valence electrons. The molecule has 0 radical (unpaired) electrons. The maximum Gasteiger partial charge on any atom is 0.331 e. The molecule has 1 heterocycles. The molecule has 0 saturated heterocycles. The van der Waals surface area contributed by atoms with Gasteiger partial charge in [-0.1, -0.05) is 18.2 Å². The Morgan fingerprint density at radius 3 is 2.59 bits per heavy atom. The van der Waals surface area contributed by atoms with E-state index in [1.54, 1.807) is 31.2 Å². The number of carbonyl (C=O) groups is 2. The molecule has 0 aliphatic rings. The van der Waals surface area contributed by atoms with Crippen molar-refractivity contribution < 1.29 is 28.2 Å². The molecule has 0 bridgehead atoms. The number of nitrogens with one attached hydrogen (secondary N) is 1. The molecule has 1 amide bonds. The molecule has 3 rings (SSSR count). The number of carboxylic acid groups (broad SMARTS) is 1. The van der Waals surface area contributed by atoms with Gasteiger partial charge in [0.1, 0.15) is 11.6 Å². The second-order valence-electron chi connectivity index (χ2n) is 5.97. The fraction of sp³-hybridized carbons (Fsp3) is 0.150. The summed E-state index contributed by atoms with van der Waals surface area (Å²) < 4.78 is 34.3. The van der Waals surface area contributed by atoms with Crippen LogP contribution in [0, 0.1) is 11.6 Å². The Bertz CT molecular complexity index is 1040. The lowest BCUT2D eigenvalue weighted by molar-refractivity contribution is -0.139. The topological polar surface area (TPSA) is 93.5 Å². The van der Waals surface area contributed by atoms with Crippen molar-refractivity contribution in [1.29, 1.82) is 0 Å². The van der Waals surface area contributed by atoms with E-state index in [0.717, 1.165) is 18.2 Å². The molecule has 0 saturated carbocycles. The molecule has 0 aliphatic carbocycles. The van der Waals surface area contributed by atoms with Gasteiger partial charge in [0.15, 0.2) is 17.5 Å². The molecule has 0 spiro atoms. The third-order valence-electron chi connectivity index (χ3n) is 4.01. The Balaban J connectivity index is 1.95. The Hall–Kier alpha value is -3.75. The highest BCUT2D eigenvalue weighted by molar-refractivity contribution is 5.97. The molecule has 7 nitrogen and oxygen atoms in total. The number of hydrogen-bond acceptors (Lipinski definition) is 4. The van der Waals surface area contributed by atoms with Gasteiger partial charge in [-0.3, -0.25) is 4.79 Å². The second-order valence-corrected chi connectivity index (χ2v) is 5.97. The Kier molecular flexibility index (Phi) is 5.87. The van der Waals surface area contributed by atoms with Crippen LogP contribution in [0.2, 0.25) is 0 Å². The predicted octanol–water partition coefficient (Wildman–Crippen LogP) is 3.10. The highest BCUT2D eigenvalue weighted by atomic mass is 19.1. The molecule has 1 unspecified atom stereocenters. The van der Waals surface area contributed by atoms with Crippen molar-refractivity contribution in [1.82, 2.24) is 15.1 Å². The summed E-state index contributed by atoms with van der Waals surface area (Å²) in [6.45, 7) is 1.95. The average molecular weight is 401 g/mol. The van der Waals surface area contributed by atoms with E-state index in [2.05, 4.69) is 10.4 Å². The molecule has 3 aromatic rings. The summed E-state index contributed by atoms with van der Waals surface area (Å²) in [5.41, 5.74) is -0.0384. The zero-order valence-corrected chi connectivity index (χ0v) is 15.3. The predicted molar refractivity (Wildman–Crippen MR) is 98.9 cm³/mol. The number of carboxylic acids is 1. The quantitative estimate of drug-likeness (QED) is 0.635. The number of amides is 1. The first kappa shape index (κ1) is 20.0. The van der Waals surface area contributed by atoms with Crippen LogP contribution in [0.3, 0.4) is 0 Å². The minimum atomic E-state index is -1.81. The lowest BCUT2D eigenvalue weighted by Gasteiger charge is -2.15. The highest BCUT2D eigenvalue weighted by Gasteiger charge is 2.29. The van der Waals surface area contributed by atoms with Gasteiger partial charge in [-0.05, 0) is 37.3 Å². The zero-order chi connectivity index (χ0) is 21.0. The summed E-state index contributed by atoms with van der Waals surface area (Å²) >= 11 is 0. The lowest BCUT2D eigenvalue weighted by Crippen LogP contribution is -2.35. The number of halogens is 2. The fourth-order valence-corrected chi connectivity index (χ4v) is 2.70. The number of aliphatic carboxylic acids is 1. The van der Waals surface area contributed by atoms with E-state index < -0.39 is 35.1 Å². The molecule has 0 aliphatic heterocycles. The first-order chi connectivity index (χ1) is 13.9. The highest BCUT2D eigenvalue weighted by Crippen LogP contribution is 2.23. The summed E-state index contributed by atoms with van der Waals surface area (Å²) in [6.07, 6.45) is 1.48. The molecule has 0 fully saturated rings. The summed E-state index contributed by atoms with van der Waals surface area (Å²) in [6, 6.07) is 9.45. The van der Waals surface area contributed by atoms with Gasteiger partial charge in [0.25, 0.3) is 5.91 Å². The Morgan fingerprint density at radius 1 is 1.21 bits per heavy atom. The SMILES string of the molecule is CCOc1cn(-c2ccccc2)nc1C(=O)NC(C(=O)O)c1cc(F)ccc1F. The van der Waals surface area contributed by atoms with Crippen molar-refractivity contribution >= 4 is 11.9 Å². The number of nitrogens with zero attached hydrogens (tertiary/aromatic N) is 2. The largest absolute Gasteiger partial charge is 0.490 e. The Labute approximate surface area is 164 Å². The minimum absolute atomic E-state index is 0.123. The molecule has 9 heteroatoms. The number of carbonyl (C=O) groups excluding carboxylic acids is 1. The molecular formula is C20H17F2N3O4. The van der Waals surface area contributed by atoms with Crippen molar-refractivity contribution in [2.24, 2.45) is 0 Å². The van der Waals surface area contributed by atoms with Crippen LogP contribution in [0.5, 0.6) is 5.75 Å². The molecule has 2 aromatic carbocycles. The van der Waals surface area contributed by atoms with Crippen molar-refractivity contribution in [2.75, 3.05) is 6.61 Å². The summed E-state index contributed by atoms with van der Waals surface area (Å²) in [5.74, 6) is -4.12. The van der Waals surface area contributed by atoms with Gasteiger partial charge >= 0.3 is 5.97 Å². The van der Waals surface area contributed by atoms with Crippen LogP contribution in [0.1, 0.15) is 29.0 Å². The van der Waals surface area contributed by atoms with E-state index >= 15 is 0 Å². The summed E-state index contributed by atoms with van der Waals surface area (Å²) in [5, 5.41) is 15.8. The van der Waals surface area contributed by atoms with Crippen LogP contribution in [0.15, 0.2) is 54.7 Å². The van der Waals surface area contributed by atoms with E-state index in [4.69, 9.17) is 4.74 Å². The maximum atomic E-state index is 14.0. The van der Waals surface area contributed by atoms with Gasteiger partial charge in [0.05, 0.1) is 18.5 Å². The van der Waals surface area contributed by atoms with Gasteiger partial charge in [-0.15, -0.1) is 0 Å². The number of aromatic nitrogens is 2. The minimum Gasteiger partial charge on any atom is -0.490 e. The van der Waals surface area contributed by atoms with Crippen LogP contribution in [-0.4, -0.2) is 33.4 Å². The van der Waals surface area contributed by atoms with E-state index in [0.29, 0.717) is 5.69 Å². The van der Waals surface area contributed by atoms with E-state index in [-0.39, 0.29) is 18.1 Å². The standard InChI is InChI=1S/C20H17F2N3O4/c1-2-29-16-11-25(13-6-4-3-5-7-13)24-18(16)19(26)23-17(20(27)28)14-10-12(21)8-9-15(14)22/h3-11,17H,2H2,1H3,(H,23,26)(H,27,28). The second kappa shape index (κ2) is 8.51. The summed E-state index contributed by atoms with van der Waals surface area (Å²) in [4.78, 5) is 24.3. The van der Waals surface area contributed by atoms with Gasteiger partial charge in [-0.2, -0.15) is 5.10 Å². The van der Waals surface area contributed by atoms with Crippen molar-refractivity contribution in [2.45, 2.75) is 13.0 Å². The smallest absolute Gasteiger partial charge is 0.331 e. The van der Waals surface area contributed by atoms with Crippen LogP contribution in [-0.2, 0) is 4.79 Å². The van der Waals surface area contributed by atoms with Gasteiger partial charge in [0.2, 0.25) is 0 Å². The van der Waals surface area contributed by atoms with E-state index in [9.17, 15) is 23.5 Å². The molecule has 1 aromatic heterocycles.